The van der Waals surface area contributed by atoms with Crippen molar-refractivity contribution in [1.82, 2.24) is 10.6 Å². The van der Waals surface area contributed by atoms with Crippen molar-refractivity contribution < 1.29 is 28.7 Å². The number of isocyanates is 2. The second-order valence-corrected chi connectivity index (χ2v) is 8.52. The van der Waals surface area contributed by atoms with Gasteiger partial charge in [-0.2, -0.15) is 0 Å². The summed E-state index contributed by atoms with van der Waals surface area (Å²) in [6, 6.07) is 14.7. The Hall–Kier alpha value is -4.26. The molecule has 0 aromatic heterocycles. The standard InChI is InChI=1S/C27H32N4O6/c1-3-27(4-2,17-36-25(34)30-15-23-9-5-7-21(11-23)13-28-19-32)18-37-26(35)31-16-24-10-6-8-22(12-24)14-29-20-33/h5-12H,3-4,13-18H2,1-2H3,(H,30,34)(H,31,35). The maximum absolute atomic E-state index is 12.3. The Morgan fingerprint density at radius 3 is 1.54 bits per heavy atom. The summed E-state index contributed by atoms with van der Waals surface area (Å²) in [5.41, 5.74) is 2.84. The normalized spacial score (nSPS) is 10.4. The van der Waals surface area contributed by atoms with Crippen LogP contribution in [-0.4, -0.2) is 37.6 Å². The number of carbonyl (C=O) groups excluding carboxylic acids is 4. The first-order valence-corrected chi connectivity index (χ1v) is 12.0. The summed E-state index contributed by atoms with van der Waals surface area (Å²) in [6.45, 7) is 5.05. The average molecular weight is 509 g/mol. The van der Waals surface area contributed by atoms with Crippen LogP contribution in [0.5, 0.6) is 0 Å². The number of nitrogens with one attached hydrogen (secondary N) is 2. The van der Waals surface area contributed by atoms with Crippen molar-refractivity contribution in [2.24, 2.45) is 15.4 Å². The lowest BCUT2D eigenvalue weighted by atomic mass is 9.84. The second kappa shape index (κ2) is 15.7. The van der Waals surface area contributed by atoms with E-state index in [0.717, 1.165) is 22.3 Å². The Bertz CT molecular complexity index is 1050. The molecule has 0 saturated heterocycles. The van der Waals surface area contributed by atoms with Gasteiger partial charge in [-0.1, -0.05) is 62.4 Å². The van der Waals surface area contributed by atoms with Gasteiger partial charge in [-0.3, -0.25) is 0 Å². The maximum atomic E-state index is 12.3. The molecule has 0 heterocycles. The Labute approximate surface area is 216 Å². The van der Waals surface area contributed by atoms with E-state index in [1.54, 1.807) is 0 Å². The van der Waals surface area contributed by atoms with E-state index in [-0.39, 0.29) is 39.4 Å². The van der Waals surface area contributed by atoms with Crippen molar-refractivity contribution in [3.8, 4) is 0 Å². The minimum atomic E-state index is -0.578. The monoisotopic (exact) mass is 508 g/mol. The van der Waals surface area contributed by atoms with E-state index in [4.69, 9.17) is 9.47 Å². The molecule has 2 aromatic carbocycles. The number of nitrogens with zero attached hydrogens (tertiary/aromatic N) is 2. The van der Waals surface area contributed by atoms with Crippen molar-refractivity contribution >= 4 is 24.3 Å². The van der Waals surface area contributed by atoms with E-state index in [0.29, 0.717) is 12.8 Å². The number of alkyl carbamates (subject to hydrolysis) is 2. The van der Waals surface area contributed by atoms with Crippen molar-refractivity contribution in [1.29, 1.82) is 0 Å². The van der Waals surface area contributed by atoms with Gasteiger partial charge < -0.3 is 20.1 Å². The number of rotatable bonds is 14. The van der Waals surface area contributed by atoms with Crippen LogP contribution in [0.4, 0.5) is 9.59 Å². The Morgan fingerprint density at radius 1 is 0.757 bits per heavy atom. The molecule has 2 amide bonds. The summed E-state index contributed by atoms with van der Waals surface area (Å²) in [5.74, 6) is 0. The van der Waals surface area contributed by atoms with Crippen LogP contribution >= 0.6 is 0 Å². The minimum Gasteiger partial charge on any atom is -0.449 e. The molecule has 10 heteroatoms. The van der Waals surface area contributed by atoms with Crippen LogP contribution in [0.15, 0.2) is 58.5 Å². The molecule has 2 rings (SSSR count). The van der Waals surface area contributed by atoms with Crippen LogP contribution < -0.4 is 10.6 Å². The zero-order valence-electron chi connectivity index (χ0n) is 21.1. The van der Waals surface area contributed by atoms with Crippen molar-refractivity contribution in [2.45, 2.75) is 52.9 Å². The van der Waals surface area contributed by atoms with Crippen LogP contribution in [0, 0.1) is 5.41 Å². The fourth-order valence-electron chi connectivity index (χ4n) is 3.51. The van der Waals surface area contributed by atoms with Crippen LogP contribution in [0.25, 0.3) is 0 Å². The maximum Gasteiger partial charge on any atom is 0.407 e. The quantitative estimate of drug-likeness (QED) is 0.288. The van der Waals surface area contributed by atoms with Gasteiger partial charge in [0.15, 0.2) is 0 Å². The third-order valence-electron chi connectivity index (χ3n) is 6.03. The molecule has 0 radical (unpaired) electrons. The predicted octanol–water partition coefficient (Wildman–Crippen LogP) is 4.32. The van der Waals surface area contributed by atoms with Gasteiger partial charge in [0.2, 0.25) is 12.2 Å². The van der Waals surface area contributed by atoms with Crippen molar-refractivity contribution in [3.63, 3.8) is 0 Å². The summed E-state index contributed by atoms with van der Waals surface area (Å²) in [7, 11) is 0. The van der Waals surface area contributed by atoms with Gasteiger partial charge >= 0.3 is 12.2 Å². The number of hydrogen-bond donors (Lipinski definition) is 2. The van der Waals surface area contributed by atoms with Gasteiger partial charge in [0.25, 0.3) is 0 Å². The SMILES string of the molecule is CCC(CC)(COC(=O)NCc1cccc(CN=C=O)c1)COC(=O)NCc1cccc(CN=C=O)c1. The molecule has 2 aromatic rings. The van der Waals surface area contributed by atoms with E-state index in [9.17, 15) is 19.2 Å². The van der Waals surface area contributed by atoms with E-state index >= 15 is 0 Å². The topological polar surface area (TPSA) is 136 Å². The molecule has 0 spiro atoms. The Balaban J connectivity index is 1.80. The van der Waals surface area contributed by atoms with E-state index in [1.165, 1.54) is 12.2 Å². The van der Waals surface area contributed by atoms with Crippen molar-refractivity contribution in [3.05, 3.63) is 70.8 Å². The average Bonchev–Trinajstić information content (AvgIpc) is 2.93. The third-order valence-corrected chi connectivity index (χ3v) is 6.03. The molecule has 2 N–H and O–H groups in total. The highest BCUT2D eigenvalue weighted by Gasteiger charge is 2.30. The molecule has 0 aliphatic heterocycles. The zero-order valence-corrected chi connectivity index (χ0v) is 21.1. The molecule has 10 nitrogen and oxygen atoms in total. The van der Waals surface area contributed by atoms with Gasteiger partial charge in [-0.15, -0.1) is 0 Å². The fourth-order valence-corrected chi connectivity index (χ4v) is 3.51. The minimum absolute atomic E-state index is 0.0898. The first-order valence-electron chi connectivity index (χ1n) is 12.0. The molecule has 0 aliphatic carbocycles. The number of amides is 2. The van der Waals surface area contributed by atoms with Crippen LogP contribution in [0.1, 0.15) is 48.9 Å². The summed E-state index contributed by atoms with van der Waals surface area (Å²) in [4.78, 5) is 52.3. The number of ether oxygens (including phenoxy) is 2. The fraction of sp³-hybridized carbons (Fsp3) is 0.407. The third kappa shape index (κ3) is 10.5. The van der Waals surface area contributed by atoms with E-state index in [1.807, 2.05) is 62.4 Å². The highest BCUT2D eigenvalue weighted by atomic mass is 16.6. The van der Waals surface area contributed by atoms with Crippen LogP contribution in [0.3, 0.4) is 0 Å². The van der Waals surface area contributed by atoms with Gasteiger partial charge in [0.1, 0.15) is 13.2 Å². The zero-order chi connectivity index (χ0) is 26.9. The van der Waals surface area contributed by atoms with E-state index < -0.39 is 17.6 Å². The van der Waals surface area contributed by atoms with Crippen LogP contribution in [-0.2, 0) is 45.2 Å². The number of carbonyl (C=O) groups is 2. The number of hydrogen-bond acceptors (Lipinski definition) is 8. The summed E-state index contributed by atoms with van der Waals surface area (Å²) < 4.78 is 10.9. The molecule has 0 unspecified atom stereocenters. The summed E-state index contributed by atoms with van der Waals surface area (Å²) in [6.07, 6.45) is 3.13. The predicted molar refractivity (Wildman–Crippen MR) is 136 cm³/mol. The van der Waals surface area contributed by atoms with Gasteiger partial charge in [0, 0.05) is 18.5 Å². The molecule has 37 heavy (non-hydrogen) atoms. The lowest BCUT2D eigenvalue weighted by Crippen LogP contribution is -2.37. The van der Waals surface area contributed by atoms with Crippen LogP contribution in [0.2, 0.25) is 0 Å². The highest BCUT2D eigenvalue weighted by molar-refractivity contribution is 5.67. The lowest BCUT2D eigenvalue weighted by molar-refractivity contribution is 0.0207. The summed E-state index contributed by atoms with van der Waals surface area (Å²) in [5, 5.41) is 5.41. The summed E-state index contributed by atoms with van der Waals surface area (Å²) >= 11 is 0. The molecule has 0 bridgehead atoms. The van der Waals surface area contributed by atoms with Crippen molar-refractivity contribution in [2.75, 3.05) is 13.2 Å². The molecular formula is C27H32N4O6. The van der Waals surface area contributed by atoms with Gasteiger partial charge in [-0.05, 0) is 35.1 Å². The van der Waals surface area contributed by atoms with Gasteiger partial charge in [-0.25, -0.2) is 29.2 Å². The second-order valence-electron chi connectivity index (χ2n) is 8.52. The molecule has 0 fully saturated rings. The molecule has 0 saturated carbocycles. The van der Waals surface area contributed by atoms with E-state index in [2.05, 4.69) is 20.6 Å². The first-order chi connectivity index (χ1) is 17.9. The highest BCUT2D eigenvalue weighted by Crippen LogP contribution is 2.27. The smallest absolute Gasteiger partial charge is 0.407 e. The Kier molecular flexibility index (Phi) is 12.3. The Morgan fingerprint density at radius 2 is 1.16 bits per heavy atom. The largest absolute Gasteiger partial charge is 0.449 e. The number of benzene rings is 2. The number of aliphatic imine (C=N–C) groups is 2. The first kappa shape index (κ1) is 29.0. The lowest BCUT2D eigenvalue weighted by Gasteiger charge is -2.30. The molecule has 0 aliphatic rings. The molecule has 196 valence electrons. The molecular weight excluding hydrogens is 476 g/mol. The molecule has 0 atom stereocenters. The van der Waals surface area contributed by atoms with Gasteiger partial charge in [0.05, 0.1) is 13.1 Å².